The Morgan fingerprint density at radius 3 is 2.80 bits per heavy atom. The van der Waals surface area contributed by atoms with Crippen molar-refractivity contribution >= 4 is 23.5 Å². The molecule has 6 nitrogen and oxygen atoms in total. The van der Waals surface area contributed by atoms with Gasteiger partial charge in [0.1, 0.15) is 12.4 Å². The van der Waals surface area contributed by atoms with Gasteiger partial charge in [0.15, 0.2) is 0 Å². The van der Waals surface area contributed by atoms with E-state index in [0.717, 1.165) is 5.56 Å². The maximum atomic E-state index is 13.1. The van der Waals surface area contributed by atoms with Crippen molar-refractivity contribution in [1.29, 1.82) is 0 Å². The molecule has 0 aliphatic carbocycles. The molecule has 25 heavy (non-hydrogen) atoms. The highest BCUT2D eigenvalue weighted by atomic mass is 19.1. The highest BCUT2D eigenvalue weighted by molar-refractivity contribution is 5.93. The summed E-state index contributed by atoms with van der Waals surface area (Å²) in [6.07, 6.45) is 0.141. The van der Waals surface area contributed by atoms with Crippen LogP contribution in [0.3, 0.4) is 0 Å². The van der Waals surface area contributed by atoms with Crippen LogP contribution >= 0.6 is 0 Å². The second-order valence-corrected chi connectivity index (χ2v) is 5.58. The molecule has 2 aromatic rings. The Labute approximate surface area is 144 Å². The summed E-state index contributed by atoms with van der Waals surface area (Å²) in [5, 5.41) is 5.43. The number of rotatable bonds is 5. The monoisotopic (exact) mass is 343 g/mol. The number of amides is 3. The topological polar surface area (TPSA) is 70.7 Å². The molecule has 3 rings (SSSR count). The zero-order valence-electron chi connectivity index (χ0n) is 13.5. The van der Waals surface area contributed by atoms with E-state index in [0.29, 0.717) is 37.5 Å². The molecule has 1 fully saturated rings. The SMILES string of the molecule is O=C(NCCc1cccc(F)c1)Nc1cccc(N2CCOC2=O)c1. The van der Waals surface area contributed by atoms with Crippen LogP contribution in [0, 0.1) is 5.82 Å². The number of urea groups is 1. The van der Waals surface area contributed by atoms with Crippen molar-refractivity contribution in [2.75, 3.05) is 29.9 Å². The van der Waals surface area contributed by atoms with Crippen LogP contribution in [0.5, 0.6) is 0 Å². The van der Waals surface area contributed by atoms with Crippen LogP contribution in [0.1, 0.15) is 5.56 Å². The maximum Gasteiger partial charge on any atom is 0.414 e. The van der Waals surface area contributed by atoms with Gasteiger partial charge in [-0.05, 0) is 42.3 Å². The maximum absolute atomic E-state index is 13.1. The first-order valence-electron chi connectivity index (χ1n) is 7.95. The molecular weight excluding hydrogens is 325 g/mol. The number of benzene rings is 2. The van der Waals surface area contributed by atoms with Gasteiger partial charge in [-0.15, -0.1) is 0 Å². The van der Waals surface area contributed by atoms with Crippen molar-refractivity contribution in [3.63, 3.8) is 0 Å². The average Bonchev–Trinajstić information content (AvgIpc) is 3.01. The summed E-state index contributed by atoms with van der Waals surface area (Å²) in [5.41, 5.74) is 2.05. The summed E-state index contributed by atoms with van der Waals surface area (Å²) in [4.78, 5) is 25.1. The van der Waals surface area contributed by atoms with E-state index in [-0.39, 0.29) is 11.8 Å². The lowest BCUT2D eigenvalue weighted by Crippen LogP contribution is -2.30. The van der Waals surface area contributed by atoms with Crippen LogP contribution in [-0.2, 0) is 11.2 Å². The fraction of sp³-hybridized carbons (Fsp3) is 0.222. The smallest absolute Gasteiger partial charge is 0.414 e. The summed E-state index contributed by atoms with van der Waals surface area (Å²) in [7, 11) is 0. The Morgan fingerprint density at radius 2 is 2.04 bits per heavy atom. The number of nitrogens with zero attached hydrogens (tertiary/aromatic N) is 1. The first kappa shape index (κ1) is 16.8. The van der Waals surface area contributed by atoms with Gasteiger partial charge in [0.05, 0.1) is 6.54 Å². The fourth-order valence-electron chi connectivity index (χ4n) is 2.57. The van der Waals surface area contributed by atoms with E-state index in [1.165, 1.54) is 17.0 Å². The van der Waals surface area contributed by atoms with Crippen LogP contribution in [-0.4, -0.2) is 31.8 Å². The molecule has 7 heteroatoms. The van der Waals surface area contributed by atoms with Crippen LogP contribution < -0.4 is 15.5 Å². The number of cyclic esters (lactones) is 1. The molecule has 1 aliphatic heterocycles. The molecule has 0 saturated carbocycles. The van der Waals surface area contributed by atoms with Crippen molar-refractivity contribution in [3.05, 3.63) is 59.9 Å². The summed E-state index contributed by atoms with van der Waals surface area (Å²) in [6, 6.07) is 12.9. The van der Waals surface area contributed by atoms with Gasteiger partial charge in [-0.3, -0.25) is 4.90 Å². The van der Waals surface area contributed by atoms with Gasteiger partial charge in [0.25, 0.3) is 0 Å². The summed E-state index contributed by atoms with van der Waals surface area (Å²) in [5.74, 6) is -0.292. The van der Waals surface area contributed by atoms with Crippen molar-refractivity contribution in [3.8, 4) is 0 Å². The predicted octanol–water partition coefficient (Wildman–Crippen LogP) is 3.15. The number of carbonyl (C=O) groups is 2. The first-order chi connectivity index (χ1) is 12.1. The zero-order chi connectivity index (χ0) is 17.6. The third-order valence-electron chi connectivity index (χ3n) is 3.76. The lowest BCUT2D eigenvalue weighted by Gasteiger charge is -2.14. The van der Waals surface area contributed by atoms with Gasteiger partial charge in [-0.25, -0.2) is 14.0 Å². The fourth-order valence-corrected chi connectivity index (χ4v) is 2.57. The molecule has 1 heterocycles. The van der Waals surface area contributed by atoms with E-state index in [1.54, 1.807) is 36.4 Å². The Morgan fingerprint density at radius 1 is 1.20 bits per heavy atom. The summed E-state index contributed by atoms with van der Waals surface area (Å²) >= 11 is 0. The van der Waals surface area contributed by atoms with E-state index in [9.17, 15) is 14.0 Å². The zero-order valence-corrected chi connectivity index (χ0v) is 13.5. The molecule has 2 aromatic carbocycles. The largest absolute Gasteiger partial charge is 0.447 e. The van der Waals surface area contributed by atoms with Gasteiger partial charge in [0.2, 0.25) is 0 Å². The standard InChI is InChI=1S/C18H18FN3O3/c19-14-4-1-3-13(11-14)7-8-20-17(23)21-15-5-2-6-16(12-15)22-9-10-25-18(22)24/h1-6,11-12H,7-10H2,(H2,20,21,23). The van der Waals surface area contributed by atoms with Crippen LogP contribution in [0.15, 0.2) is 48.5 Å². The van der Waals surface area contributed by atoms with Crippen molar-refractivity contribution in [2.24, 2.45) is 0 Å². The van der Waals surface area contributed by atoms with Gasteiger partial charge >= 0.3 is 12.1 Å². The minimum absolute atomic E-state index is 0.292. The molecular formula is C18H18FN3O3. The molecule has 2 N–H and O–H groups in total. The van der Waals surface area contributed by atoms with Crippen LogP contribution in [0.25, 0.3) is 0 Å². The van der Waals surface area contributed by atoms with Crippen molar-refractivity contribution in [1.82, 2.24) is 5.32 Å². The number of hydrogen-bond donors (Lipinski definition) is 2. The Bertz CT molecular complexity index is 782. The van der Waals surface area contributed by atoms with E-state index in [2.05, 4.69) is 10.6 Å². The molecule has 130 valence electrons. The molecule has 1 saturated heterocycles. The van der Waals surface area contributed by atoms with E-state index >= 15 is 0 Å². The van der Waals surface area contributed by atoms with Crippen molar-refractivity contribution < 1.29 is 18.7 Å². The van der Waals surface area contributed by atoms with Crippen LogP contribution in [0.2, 0.25) is 0 Å². The Kier molecular flexibility index (Phi) is 5.13. The lowest BCUT2D eigenvalue weighted by atomic mass is 10.1. The molecule has 3 amide bonds. The Balaban J connectivity index is 1.51. The van der Waals surface area contributed by atoms with Gasteiger partial charge in [0, 0.05) is 17.9 Å². The van der Waals surface area contributed by atoms with E-state index < -0.39 is 6.09 Å². The highest BCUT2D eigenvalue weighted by Gasteiger charge is 2.23. The number of ether oxygens (including phenoxy) is 1. The van der Waals surface area contributed by atoms with E-state index in [1.807, 2.05) is 0 Å². The summed E-state index contributed by atoms with van der Waals surface area (Å²) in [6.45, 7) is 1.23. The van der Waals surface area contributed by atoms with Gasteiger partial charge < -0.3 is 15.4 Å². The first-order valence-corrected chi connectivity index (χ1v) is 7.95. The van der Waals surface area contributed by atoms with Crippen molar-refractivity contribution in [2.45, 2.75) is 6.42 Å². The average molecular weight is 343 g/mol. The Hall–Kier alpha value is -3.09. The second kappa shape index (κ2) is 7.65. The normalized spacial score (nSPS) is 13.5. The quantitative estimate of drug-likeness (QED) is 0.876. The third-order valence-corrected chi connectivity index (χ3v) is 3.76. The highest BCUT2D eigenvalue weighted by Crippen LogP contribution is 2.22. The molecule has 0 unspecified atom stereocenters. The molecule has 0 bridgehead atoms. The molecule has 0 spiro atoms. The number of carbonyl (C=O) groups excluding carboxylic acids is 2. The number of nitrogens with one attached hydrogen (secondary N) is 2. The predicted molar refractivity (Wildman–Crippen MR) is 92.3 cm³/mol. The number of halogens is 1. The van der Waals surface area contributed by atoms with Gasteiger partial charge in [-0.2, -0.15) is 0 Å². The van der Waals surface area contributed by atoms with E-state index in [4.69, 9.17) is 4.74 Å². The van der Waals surface area contributed by atoms with Gasteiger partial charge in [-0.1, -0.05) is 18.2 Å². The lowest BCUT2D eigenvalue weighted by molar-refractivity contribution is 0.181. The summed E-state index contributed by atoms with van der Waals surface area (Å²) < 4.78 is 18.0. The third kappa shape index (κ3) is 4.47. The molecule has 1 aliphatic rings. The molecule has 0 radical (unpaired) electrons. The number of anilines is 2. The van der Waals surface area contributed by atoms with Crippen LogP contribution in [0.4, 0.5) is 25.4 Å². The minimum Gasteiger partial charge on any atom is -0.447 e. The second-order valence-electron chi connectivity index (χ2n) is 5.58. The molecule has 0 atom stereocenters. The molecule has 0 aromatic heterocycles. The minimum atomic E-state index is -0.392. The number of hydrogen-bond acceptors (Lipinski definition) is 3.